The Morgan fingerprint density at radius 2 is 1.63 bits per heavy atom. The summed E-state index contributed by atoms with van der Waals surface area (Å²) in [5.41, 5.74) is 5.49. The number of carbonyl (C=O) groups excluding carboxylic acids is 1. The van der Waals surface area contributed by atoms with E-state index in [-0.39, 0.29) is 46.8 Å². The van der Waals surface area contributed by atoms with Crippen molar-refractivity contribution in [2.45, 2.75) is 104 Å². The van der Waals surface area contributed by atoms with Crippen LogP contribution < -0.4 is 9.46 Å². The minimum atomic E-state index is -4.17. The van der Waals surface area contributed by atoms with Gasteiger partial charge in [0.25, 0.3) is 15.9 Å². The Balaban J connectivity index is 1.25. The number of sulfonamides is 1. The van der Waals surface area contributed by atoms with Crippen molar-refractivity contribution >= 4 is 21.9 Å². The number of rotatable bonds is 5. The minimum absolute atomic E-state index is 0.0721. The Labute approximate surface area is 301 Å². The van der Waals surface area contributed by atoms with Crippen LogP contribution in [0.1, 0.15) is 106 Å². The van der Waals surface area contributed by atoms with Gasteiger partial charge in [-0.1, -0.05) is 58.9 Å². The highest BCUT2D eigenvalue weighted by atomic mass is 32.2. The quantitative estimate of drug-likeness (QED) is 0.222. The summed E-state index contributed by atoms with van der Waals surface area (Å²) in [5, 5.41) is 0. The topological polar surface area (TPSA) is 127 Å². The van der Waals surface area contributed by atoms with Gasteiger partial charge in [0.15, 0.2) is 0 Å². The number of amides is 1. The highest BCUT2D eigenvalue weighted by Gasteiger charge is 2.56. The number of anilines is 1. The van der Waals surface area contributed by atoms with Crippen LogP contribution in [0.5, 0.6) is 5.88 Å². The van der Waals surface area contributed by atoms with Gasteiger partial charge in [0.2, 0.25) is 11.8 Å². The van der Waals surface area contributed by atoms with E-state index in [4.69, 9.17) is 14.7 Å². The molecule has 7 rings (SSSR count). The fourth-order valence-corrected chi connectivity index (χ4v) is 9.83. The first kappa shape index (κ1) is 35.0. The van der Waals surface area contributed by atoms with Crippen molar-refractivity contribution in [3.63, 3.8) is 0 Å². The fraction of sp³-hybridized carbons (Fsp3) is 0.475. The van der Waals surface area contributed by atoms with Crippen LogP contribution in [0.2, 0.25) is 0 Å². The SMILES string of the molecule is Cc1cccc(C)c1-c1cc2nc(n1)NS(=O)(=O)c1cccc(c1)C(=O)N(Cc1ncc(C3CC4(C3)CC(C)(C)C4)cn1)[C@H](CC(C)(C)C)CO2. The van der Waals surface area contributed by atoms with E-state index >= 15 is 0 Å². The molecule has 2 aromatic heterocycles. The second-order valence-corrected chi connectivity index (χ2v) is 18.7. The number of aromatic nitrogens is 4. The molecule has 1 aliphatic heterocycles. The maximum Gasteiger partial charge on any atom is 0.264 e. The van der Waals surface area contributed by atoms with E-state index in [2.05, 4.69) is 49.3 Å². The smallest absolute Gasteiger partial charge is 0.264 e. The Bertz CT molecular complexity index is 2050. The molecule has 1 N–H and O–H groups in total. The van der Waals surface area contributed by atoms with Gasteiger partial charge in [-0.2, -0.15) is 4.98 Å². The summed E-state index contributed by atoms with van der Waals surface area (Å²) >= 11 is 0. The zero-order chi connectivity index (χ0) is 36.3. The highest BCUT2D eigenvalue weighted by Crippen LogP contribution is 2.68. The van der Waals surface area contributed by atoms with Crippen molar-refractivity contribution in [2.75, 3.05) is 11.3 Å². The summed E-state index contributed by atoms with van der Waals surface area (Å²) in [7, 11) is -4.17. The summed E-state index contributed by atoms with van der Waals surface area (Å²) in [4.78, 5) is 34.8. The Morgan fingerprint density at radius 3 is 2.27 bits per heavy atom. The maximum absolute atomic E-state index is 14.5. The zero-order valence-corrected chi connectivity index (χ0v) is 31.5. The van der Waals surface area contributed by atoms with Gasteiger partial charge in [-0.15, -0.1) is 0 Å². The molecule has 268 valence electrons. The van der Waals surface area contributed by atoms with E-state index in [0.717, 1.165) is 22.3 Å². The predicted molar refractivity (Wildman–Crippen MR) is 197 cm³/mol. The number of aryl methyl sites for hydroxylation is 2. The number of fused-ring (bicyclic) bond motifs is 4. The van der Waals surface area contributed by atoms with Gasteiger partial charge in [0.1, 0.15) is 12.4 Å². The Kier molecular flexibility index (Phi) is 8.72. The van der Waals surface area contributed by atoms with Crippen LogP contribution in [0, 0.1) is 30.1 Å². The lowest BCUT2D eigenvalue weighted by molar-refractivity contribution is -0.0887. The molecule has 4 aromatic rings. The zero-order valence-electron chi connectivity index (χ0n) is 30.7. The molecule has 3 heterocycles. The second kappa shape index (κ2) is 12.7. The fourth-order valence-electron chi connectivity index (χ4n) is 8.84. The lowest BCUT2D eigenvalue weighted by Crippen LogP contribution is -2.50. The van der Waals surface area contributed by atoms with Gasteiger partial charge in [-0.05, 0) is 103 Å². The van der Waals surface area contributed by atoms with Gasteiger partial charge in [-0.25, -0.2) is 28.1 Å². The monoisotopic (exact) mass is 708 g/mol. The normalized spacial score (nSPS) is 20.9. The van der Waals surface area contributed by atoms with E-state index < -0.39 is 16.1 Å². The largest absolute Gasteiger partial charge is 0.475 e. The van der Waals surface area contributed by atoms with Crippen molar-refractivity contribution in [1.29, 1.82) is 0 Å². The van der Waals surface area contributed by atoms with Gasteiger partial charge in [0, 0.05) is 29.6 Å². The number of ether oxygens (including phenoxy) is 1. The molecule has 1 atom stereocenters. The van der Waals surface area contributed by atoms with Crippen molar-refractivity contribution in [3.8, 4) is 17.1 Å². The number of hydrogen-bond acceptors (Lipinski definition) is 8. The summed E-state index contributed by atoms with van der Waals surface area (Å²) < 4.78 is 36.4. The first-order valence-electron chi connectivity index (χ1n) is 17.8. The lowest BCUT2D eigenvalue weighted by atomic mass is 9.43. The Hall–Kier alpha value is -4.38. The molecular weight excluding hydrogens is 661 g/mol. The van der Waals surface area contributed by atoms with E-state index in [1.165, 1.54) is 37.8 Å². The molecule has 1 amide bonds. The van der Waals surface area contributed by atoms with Crippen LogP contribution in [0.25, 0.3) is 11.3 Å². The molecule has 51 heavy (non-hydrogen) atoms. The van der Waals surface area contributed by atoms with Gasteiger partial charge >= 0.3 is 0 Å². The molecule has 1 spiro atoms. The third-order valence-corrected chi connectivity index (χ3v) is 11.9. The molecule has 2 saturated carbocycles. The predicted octanol–water partition coefficient (Wildman–Crippen LogP) is 7.87. The first-order valence-corrected chi connectivity index (χ1v) is 19.3. The number of hydrogen-bond donors (Lipinski definition) is 1. The summed E-state index contributed by atoms with van der Waals surface area (Å²) in [6.45, 7) is 15.3. The molecule has 11 heteroatoms. The molecule has 0 radical (unpaired) electrons. The van der Waals surface area contributed by atoms with Crippen LogP contribution in [0.15, 0.2) is 65.8 Å². The molecule has 10 nitrogen and oxygen atoms in total. The van der Waals surface area contributed by atoms with Crippen LogP contribution in [-0.4, -0.2) is 51.8 Å². The maximum atomic E-state index is 14.5. The molecule has 2 aromatic carbocycles. The molecule has 2 aliphatic carbocycles. The van der Waals surface area contributed by atoms with Crippen LogP contribution in [-0.2, 0) is 16.6 Å². The minimum Gasteiger partial charge on any atom is -0.475 e. The standard InChI is InChI=1S/C40H48N6O4S/c1-25-10-8-11-26(2)35(25)32-15-34-44-37(43-32)45-51(48,49)31-13-9-12-27(14-31)36(47)46(30(22-50-34)18-38(3,4)5)21-33-41-19-29(20-42-33)28-16-40(17-28)23-39(6,7)24-40/h8-15,19-20,28,30H,16-18,21-24H2,1-7H3,(H,43,44,45)/t30-/m1/s1. The second-order valence-electron chi connectivity index (χ2n) is 17.0. The number of benzene rings is 2. The van der Waals surface area contributed by atoms with Crippen LogP contribution >= 0.6 is 0 Å². The summed E-state index contributed by atoms with van der Waals surface area (Å²) in [6, 6.07) is 13.3. The average molecular weight is 709 g/mol. The molecule has 0 unspecified atom stereocenters. The average Bonchev–Trinajstić information content (AvgIpc) is 3.02. The number of nitrogens with one attached hydrogen (secondary N) is 1. The van der Waals surface area contributed by atoms with Crippen molar-refractivity contribution < 1.29 is 17.9 Å². The van der Waals surface area contributed by atoms with Crippen LogP contribution in [0.3, 0.4) is 0 Å². The van der Waals surface area contributed by atoms with Gasteiger partial charge < -0.3 is 9.64 Å². The lowest BCUT2D eigenvalue weighted by Gasteiger charge is -2.62. The van der Waals surface area contributed by atoms with Gasteiger partial charge in [0.05, 0.1) is 23.2 Å². The molecule has 4 bridgehead atoms. The van der Waals surface area contributed by atoms with Gasteiger partial charge in [-0.3, -0.25) is 4.79 Å². The third-order valence-electron chi connectivity index (χ3n) is 10.6. The highest BCUT2D eigenvalue weighted by molar-refractivity contribution is 7.92. The van der Waals surface area contributed by atoms with E-state index in [1.807, 2.05) is 44.4 Å². The van der Waals surface area contributed by atoms with Crippen molar-refractivity contribution in [2.24, 2.45) is 16.2 Å². The third kappa shape index (κ3) is 7.36. The first-order chi connectivity index (χ1) is 24.0. The molecular formula is C40H48N6O4S. The Morgan fingerprint density at radius 1 is 0.961 bits per heavy atom. The van der Waals surface area contributed by atoms with E-state index in [1.54, 1.807) is 23.1 Å². The molecule has 2 fully saturated rings. The van der Waals surface area contributed by atoms with Crippen LogP contribution in [0.4, 0.5) is 5.95 Å². The van der Waals surface area contributed by atoms with E-state index in [9.17, 15) is 13.2 Å². The van der Waals surface area contributed by atoms with Crippen molar-refractivity contribution in [3.05, 3.63) is 89.0 Å². The number of nitrogens with zero attached hydrogens (tertiary/aromatic N) is 5. The van der Waals surface area contributed by atoms with Crippen molar-refractivity contribution in [1.82, 2.24) is 24.8 Å². The summed E-state index contributed by atoms with van der Waals surface area (Å²) in [5.74, 6) is 0.734. The molecule has 3 aliphatic rings. The molecule has 0 saturated heterocycles. The number of carbonyl (C=O) groups is 1. The van der Waals surface area contributed by atoms with E-state index in [0.29, 0.717) is 34.7 Å². The summed E-state index contributed by atoms with van der Waals surface area (Å²) in [6.07, 6.45) is 9.35.